The van der Waals surface area contributed by atoms with Crippen molar-refractivity contribution in [3.63, 3.8) is 0 Å². The fourth-order valence-corrected chi connectivity index (χ4v) is 1.98. The summed E-state index contributed by atoms with van der Waals surface area (Å²) >= 11 is 0. The van der Waals surface area contributed by atoms with Crippen LogP contribution in [0.15, 0.2) is 30.3 Å². The number of ether oxygens (including phenoxy) is 2. The lowest BCUT2D eigenvalue weighted by Gasteiger charge is -2.16. The molecule has 138 valence electrons. The van der Waals surface area contributed by atoms with Gasteiger partial charge in [0.2, 0.25) is 5.91 Å². The van der Waals surface area contributed by atoms with E-state index < -0.39 is 30.1 Å². The van der Waals surface area contributed by atoms with Crippen molar-refractivity contribution in [2.75, 3.05) is 13.7 Å². The molecule has 0 aliphatic carbocycles. The van der Waals surface area contributed by atoms with Gasteiger partial charge in [-0.2, -0.15) is 0 Å². The SMILES string of the molecule is CC[C@@H](NC(=O)C[C@H](O)CNC(=O)OCc1ccccc1)C(=O)OC. The molecule has 25 heavy (non-hydrogen) atoms. The number of aliphatic hydroxyl groups is 1. The van der Waals surface area contributed by atoms with Crippen molar-refractivity contribution in [2.24, 2.45) is 0 Å². The van der Waals surface area contributed by atoms with Gasteiger partial charge in [0.1, 0.15) is 12.6 Å². The molecule has 0 heterocycles. The van der Waals surface area contributed by atoms with E-state index in [1.165, 1.54) is 7.11 Å². The van der Waals surface area contributed by atoms with Gasteiger partial charge in [-0.15, -0.1) is 0 Å². The second-order valence-corrected chi connectivity index (χ2v) is 5.35. The average Bonchev–Trinajstić information content (AvgIpc) is 2.62. The molecule has 1 aromatic rings. The van der Waals surface area contributed by atoms with Gasteiger partial charge in [0, 0.05) is 6.54 Å². The number of carbonyl (C=O) groups excluding carboxylic acids is 3. The number of amides is 2. The van der Waals surface area contributed by atoms with Crippen LogP contribution in [0.2, 0.25) is 0 Å². The maximum Gasteiger partial charge on any atom is 0.407 e. The van der Waals surface area contributed by atoms with Gasteiger partial charge in [0.05, 0.1) is 19.6 Å². The first-order valence-electron chi connectivity index (χ1n) is 7.96. The molecule has 0 fully saturated rings. The van der Waals surface area contributed by atoms with Crippen LogP contribution < -0.4 is 10.6 Å². The highest BCUT2D eigenvalue weighted by atomic mass is 16.5. The van der Waals surface area contributed by atoms with Gasteiger partial charge in [-0.25, -0.2) is 9.59 Å². The lowest BCUT2D eigenvalue weighted by Crippen LogP contribution is -2.43. The topological polar surface area (TPSA) is 114 Å². The summed E-state index contributed by atoms with van der Waals surface area (Å²) in [6.45, 7) is 1.69. The predicted octanol–water partition coefficient (Wildman–Crippen LogP) is 0.732. The number of esters is 1. The summed E-state index contributed by atoms with van der Waals surface area (Å²) in [4.78, 5) is 34.7. The van der Waals surface area contributed by atoms with Gasteiger partial charge in [-0.05, 0) is 12.0 Å². The van der Waals surface area contributed by atoms with Crippen LogP contribution in [0.5, 0.6) is 0 Å². The van der Waals surface area contributed by atoms with Crippen molar-refractivity contribution in [2.45, 2.75) is 38.5 Å². The highest BCUT2D eigenvalue weighted by Crippen LogP contribution is 2.01. The van der Waals surface area contributed by atoms with Gasteiger partial charge in [0.25, 0.3) is 0 Å². The maximum atomic E-state index is 11.8. The number of benzene rings is 1. The zero-order valence-corrected chi connectivity index (χ0v) is 14.4. The van der Waals surface area contributed by atoms with E-state index in [-0.39, 0.29) is 19.6 Å². The largest absolute Gasteiger partial charge is 0.467 e. The van der Waals surface area contributed by atoms with Crippen LogP contribution in [0.1, 0.15) is 25.3 Å². The molecule has 0 aliphatic heterocycles. The normalized spacial score (nSPS) is 12.6. The Morgan fingerprint density at radius 1 is 1.20 bits per heavy atom. The summed E-state index contributed by atoms with van der Waals surface area (Å²) in [6.07, 6.45) is -1.67. The smallest absolute Gasteiger partial charge is 0.407 e. The Morgan fingerprint density at radius 2 is 1.88 bits per heavy atom. The first-order valence-corrected chi connectivity index (χ1v) is 7.96. The monoisotopic (exact) mass is 352 g/mol. The molecule has 0 radical (unpaired) electrons. The zero-order chi connectivity index (χ0) is 18.7. The third-order valence-corrected chi connectivity index (χ3v) is 3.34. The Balaban J connectivity index is 2.26. The van der Waals surface area contributed by atoms with E-state index in [0.29, 0.717) is 6.42 Å². The minimum Gasteiger partial charge on any atom is -0.467 e. The summed E-state index contributed by atoms with van der Waals surface area (Å²) in [5.41, 5.74) is 0.839. The van der Waals surface area contributed by atoms with E-state index in [0.717, 1.165) is 5.56 Å². The van der Waals surface area contributed by atoms with Crippen molar-refractivity contribution < 1.29 is 29.0 Å². The lowest BCUT2D eigenvalue weighted by atomic mass is 10.2. The number of aliphatic hydroxyl groups excluding tert-OH is 1. The van der Waals surface area contributed by atoms with Crippen LogP contribution in [0.3, 0.4) is 0 Å². The summed E-state index contributed by atoms with van der Waals surface area (Å²) < 4.78 is 9.55. The highest BCUT2D eigenvalue weighted by molar-refractivity contribution is 5.84. The van der Waals surface area contributed by atoms with Crippen LogP contribution in [-0.4, -0.2) is 48.9 Å². The van der Waals surface area contributed by atoms with Crippen molar-refractivity contribution in [1.82, 2.24) is 10.6 Å². The van der Waals surface area contributed by atoms with E-state index >= 15 is 0 Å². The molecule has 8 heteroatoms. The van der Waals surface area contributed by atoms with E-state index in [1.54, 1.807) is 6.92 Å². The Bertz CT molecular complexity index is 564. The molecule has 1 aromatic carbocycles. The van der Waals surface area contributed by atoms with Crippen LogP contribution in [0.4, 0.5) is 4.79 Å². The molecule has 0 saturated heterocycles. The third-order valence-electron chi connectivity index (χ3n) is 3.34. The highest BCUT2D eigenvalue weighted by Gasteiger charge is 2.21. The minimum absolute atomic E-state index is 0.112. The predicted molar refractivity (Wildman–Crippen MR) is 89.5 cm³/mol. The number of hydrogen-bond acceptors (Lipinski definition) is 6. The van der Waals surface area contributed by atoms with Crippen LogP contribution >= 0.6 is 0 Å². The molecule has 0 spiro atoms. The van der Waals surface area contributed by atoms with Crippen molar-refractivity contribution >= 4 is 18.0 Å². The second kappa shape index (κ2) is 11.0. The van der Waals surface area contributed by atoms with Gasteiger partial charge in [-0.1, -0.05) is 37.3 Å². The van der Waals surface area contributed by atoms with E-state index in [1.807, 2.05) is 30.3 Å². The lowest BCUT2D eigenvalue weighted by molar-refractivity contribution is -0.145. The molecule has 2 atom stereocenters. The molecular formula is C17H24N2O6. The number of carbonyl (C=O) groups is 3. The number of hydrogen-bond donors (Lipinski definition) is 3. The fourth-order valence-electron chi connectivity index (χ4n) is 1.98. The first-order chi connectivity index (χ1) is 12.0. The third kappa shape index (κ3) is 8.16. The van der Waals surface area contributed by atoms with Gasteiger partial charge >= 0.3 is 12.1 Å². The van der Waals surface area contributed by atoms with Crippen molar-refractivity contribution in [3.05, 3.63) is 35.9 Å². The Labute approximate surface area is 146 Å². The number of alkyl carbamates (subject to hydrolysis) is 1. The molecule has 0 unspecified atom stereocenters. The van der Waals surface area contributed by atoms with E-state index in [4.69, 9.17) is 4.74 Å². The Hall–Kier alpha value is -2.61. The van der Waals surface area contributed by atoms with Gasteiger partial charge < -0.3 is 25.2 Å². The number of nitrogens with one attached hydrogen (secondary N) is 2. The van der Waals surface area contributed by atoms with E-state index in [9.17, 15) is 19.5 Å². The summed E-state index contributed by atoms with van der Waals surface area (Å²) in [5, 5.41) is 14.6. The Kier molecular flexibility index (Phi) is 9.02. The molecule has 2 amide bonds. The first kappa shape index (κ1) is 20.4. The van der Waals surface area contributed by atoms with Gasteiger partial charge in [-0.3, -0.25) is 4.79 Å². The molecule has 0 aliphatic rings. The van der Waals surface area contributed by atoms with Crippen LogP contribution in [0.25, 0.3) is 0 Å². The second-order valence-electron chi connectivity index (χ2n) is 5.35. The Morgan fingerprint density at radius 3 is 2.48 bits per heavy atom. The fraction of sp³-hybridized carbons (Fsp3) is 0.471. The standard InChI is InChI=1S/C17H24N2O6/c1-3-14(16(22)24-2)19-15(21)9-13(20)10-18-17(23)25-11-12-7-5-4-6-8-12/h4-8,13-14,20H,3,9-11H2,1-2H3,(H,18,23)(H,19,21)/t13-,14+/m0/s1. The minimum atomic E-state index is -1.10. The van der Waals surface area contributed by atoms with Crippen molar-refractivity contribution in [1.29, 1.82) is 0 Å². The molecule has 0 saturated carbocycles. The molecule has 1 rings (SSSR count). The van der Waals surface area contributed by atoms with Crippen LogP contribution in [-0.2, 0) is 25.7 Å². The molecule has 8 nitrogen and oxygen atoms in total. The zero-order valence-electron chi connectivity index (χ0n) is 14.4. The molecular weight excluding hydrogens is 328 g/mol. The molecule has 3 N–H and O–H groups in total. The number of methoxy groups -OCH3 is 1. The average molecular weight is 352 g/mol. The summed E-state index contributed by atoms with van der Waals surface area (Å²) in [5.74, 6) is -1.06. The summed E-state index contributed by atoms with van der Waals surface area (Å²) in [6, 6.07) is 8.39. The van der Waals surface area contributed by atoms with Crippen LogP contribution in [0, 0.1) is 0 Å². The van der Waals surface area contributed by atoms with E-state index in [2.05, 4.69) is 15.4 Å². The molecule has 0 aromatic heterocycles. The quantitative estimate of drug-likeness (QED) is 0.565. The maximum absolute atomic E-state index is 11.8. The number of rotatable bonds is 9. The molecule has 0 bridgehead atoms. The summed E-state index contributed by atoms with van der Waals surface area (Å²) in [7, 11) is 1.23. The van der Waals surface area contributed by atoms with Crippen molar-refractivity contribution in [3.8, 4) is 0 Å². The van der Waals surface area contributed by atoms with Gasteiger partial charge in [0.15, 0.2) is 0 Å².